The van der Waals surface area contributed by atoms with Crippen molar-refractivity contribution in [2.75, 3.05) is 0 Å². The van der Waals surface area contributed by atoms with E-state index in [0.29, 0.717) is 0 Å². The van der Waals surface area contributed by atoms with E-state index in [2.05, 4.69) is 75.3 Å². The molecule has 0 aromatic rings. The Morgan fingerprint density at radius 3 is 1.03 bits per heavy atom. The van der Waals surface area contributed by atoms with E-state index in [4.69, 9.17) is 0 Å². The van der Waals surface area contributed by atoms with Crippen LogP contribution in [0.1, 0.15) is 154 Å². The van der Waals surface area contributed by atoms with E-state index in [1.807, 2.05) is 0 Å². The molecule has 1 spiro atoms. The highest BCUT2D eigenvalue weighted by molar-refractivity contribution is 5.05. The maximum Gasteiger partial charge on any atom is -0.0287 e. The van der Waals surface area contributed by atoms with Crippen molar-refractivity contribution in [1.82, 2.24) is 0 Å². The average Bonchev–Trinajstić information content (AvgIpc) is 2.99. The summed E-state index contributed by atoms with van der Waals surface area (Å²) in [4.78, 5) is 0. The molecule has 0 heterocycles. The molecule has 0 aromatic heterocycles. The van der Waals surface area contributed by atoms with Crippen molar-refractivity contribution in [3.63, 3.8) is 0 Å². The first kappa shape index (κ1) is 32.8. The van der Waals surface area contributed by atoms with E-state index in [1.165, 1.54) is 77.0 Å². The number of hydrogen-bond acceptors (Lipinski definition) is 0. The zero-order chi connectivity index (χ0) is 25.5. The van der Waals surface area contributed by atoms with Gasteiger partial charge in [0.15, 0.2) is 0 Å². The zero-order valence-electron chi connectivity index (χ0n) is 25.3. The van der Waals surface area contributed by atoms with Crippen LogP contribution in [0.5, 0.6) is 0 Å². The minimum atomic E-state index is 0. The normalized spacial score (nSPS) is 43.8. The summed E-state index contributed by atoms with van der Waals surface area (Å²) in [5, 5.41) is 0. The number of hydrogen-bond donors (Lipinski definition) is 0. The van der Waals surface area contributed by atoms with Crippen molar-refractivity contribution in [1.29, 1.82) is 0 Å². The fourth-order valence-electron chi connectivity index (χ4n) is 7.59. The summed E-state index contributed by atoms with van der Waals surface area (Å²) in [5.74, 6) is 9.27. The van der Waals surface area contributed by atoms with E-state index in [9.17, 15) is 0 Å². The Bertz CT molecular complexity index is 542. The van der Waals surface area contributed by atoms with Crippen molar-refractivity contribution in [3.8, 4) is 0 Å². The molecule has 208 valence electrons. The van der Waals surface area contributed by atoms with Gasteiger partial charge in [-0.15, -0.1) is 0 Å². The second kappa shape index (κ2) is 15.2. The number of rotatable bonds is 0. The predicted molar refractivity (Wildman–Crippen MR) is 161 cm³/mol. The van der Waals surface area contributed by atoms with Gasteiger partial charge in [0.1, 0.15) is 0 Å². The topological polar surface area (TPSA) is 0 Å². The Hall–Kier alpha value is -0.260. The van der Waals surface area contributed by atoms with Crippen LogP contribution in [-0.4, -0.2) is 0 Å². The molecule has 0 radical (unpaired) electrons. The smallest absolute Gasteiger partial charge is 0.0287 e. The van der Waals surface area contributed by atoms with Gasteiger partial charge >= 0.3 is 0 Å². The van der Waals surface area contributed by atoms with E-state index >= 15 is 0 Å². The van der Waals surface area contributed by atoms with Crippen molar-refractivity contribution in [3.05, 3.63) is 11.6 Å². The third-order valence-electron chi connectivity index (χ3n) is 9.74. The first-order valence-electron chi connectivity index (χ1n) is 15.5. The summed E-state index contributed by atoms with van der Waals surface area (Å²) < 4.78 is 0. The minimum absolute atomic E-state index is 0. The van der Waals surface area contributed by atoms with Gasteiger partial charge in [-0.05, 0) is 130 Å². The quantitative estimate of drug-likeness (QED) is 0.297. The molecule has 0 saturated heterocycles. The monoisotopic (exact) mass is 489 g/mol. The van der Waals surface area contributed by atoms with Gasteiger partial charge in [-0.2, -0.15) is 0 Å². The van der Waals surface area contributed by atoms with Crippen molar-refractivity contribution in [2.24, 2.45) is 58.7 Å². The first-order valence-corrected chi connectivity index (χ1v) is 15.5. The summed E-state index contributed by atoms with van der Waals surface area (Å²) >= 11 is 0. The van der Waals surface area contributed by atoms with E-state index in [0.717, 1.165) is 58.7 Å². The molecule has 6 aliphatic carbocycles. The molecule has 0 aromatic carbocycles. The Labute approximate surface area is 223 Å². The van der Waals surface area contributed by atoms with Gasteiger partial charge in [0.05, 0.1) is 0 Å². The predicted octanol–water partition coefficient (Wildman–Crippen LogP) is 12.0. The molecular weight excluding hydrogens is 420 g/mol. The largest absolute Gasteiger partial charge is 0.0853 e. The van der Waals surface area contributed by atoms with Crippen LogP contribution in [0.3, 0.4) is 0 Å². The van der Waals surface area contributed by atoms with Crippen LogP contribution >= 0.6 is 0 Å². The molecule has 0 nitrogen and oxygen atoms in total. The van der Waals surface area contributed by atoms with E-state index < -0.39 is 0 Å². The average molecular weight is 489 g/mol. The standard InChI is InChI=1S/C9H16.C7H14.C7H12.C6H12.C5H10.CH4/c1-7-3-9(4-7)5-8(2)6-9;2*1-6-3-4-7(2)5-6;1-5-3-6(2)4-5;1-4-3-5(4)2;/h7-8H,3-6H2,1-2H3;6-7H,3-5H2,1-2H3;3,7H,4-5H2,1-2H3;5-6H,3-4H2,1-2H3;4-5H,3H2,1-2H3;1H4. The number of allylic oxidation sites excluding steroid dienone is 2. The highest BCUT2D eigenvalue weighted by Gasteiger charge is 2.49. The lowest BCUT2D eigenvalue weighted by Crippen LogP contribution is -2.45. The summed E-state index contributed by atoms with van der Waals surface area (Å²) in [6.45, 7) is 23.2. The summed E-state index contributed by atoms with van der Waals surface area (Å²) in [7, 11) is 0. The van der Waals surface area contributed by atoms with Crippen molar-refractivity contribution < 1.29 is 0 Å². The lowest BCUT2D eigenvalue weighted by molar-refractivity contribution is -0.0549. The third kappa shape index (κ3) is 12.7. The van der Waals surface area contributed by atoms with Crippen LogP contribution in [0.25, 0.3) is 0 Å². The maximum atomic E-state index is 2.38. The molecule has 6 rings (SSSR count). The van der Waals surface area contributed by atoms with Gasteiger partial charge in [-0.3, -0.25) is 0 Å². The van der Waals surface area contributed by atoms with Crippen LogP contribution < -0.4 is 0 Å². The fourth-order valence-corrected chi connectivity index (χ4v) is 7.59. The molecule has 5 atom stereocenters. The van der Waals surface area contributed by atoms with Crippen LogP contribution in [0.4, 0.5) is 0 Å². The van der Waals surface area contributed by atoms with Crippen LogP contribution in [0.15, 0.2) is 11.6 Å². The van der Waals surface area contributed by atoms with Gasteiger partial charge in [0.25, 0.3) is 0 Å². The second-order valence-electron chi connectivity index (χ2n) is 15.0. The highest BCUT2D eigenvalue weighted by atomic mass is 14.5. The van der Waals surface area contributed by atoms with Gasteiger partial charge in [-0.1, -0.05) is 94.2 Å². The zero-order valence-corrected chi connectivity index (χ0v) is 25.3. The molecule has 0 aliphatic heterocycles. The Balaban J connectivity index is 0.000000220. The van der Waals surface area contributed by atoms with E-state index in [1.54, 1.807) is 5.57 Å². The molecule has 5 fully saturated rings. The molecular formula is C35H68. The van der Waals surface area contributed by atoms with Crippen molar-refractivity contribution >= 4 is 0 Å². The molecule has 35 heavy (non-hydrogen) atoms. The van der Waals surface area contributed by atoms with Gasteiger partial charge in [-0.25, -0.2) is 0 Å². The van der Waals surface area contributed by atoms with Gasteiger partial charge in [0, 0.05) is 0 Å². The summed E-state index contributed by atoms with van der Waals surface area (Å²) in [5.41, 5.74) is 2.46. The Morgan fingerprint density at radius 1 is 0.543 bits per heavy atom. The van der Waals surface area contributed by atoms with Crippen LogP contribution in [-0.2, 0) is 0 Å². The third-order valence-corrected chi connectivity index (χ3v) is 9.74. The second-order valence-corrected chi connectivity index (χ2v) is 15.0. The summed E-state index contributed by atoms with van der Waals surface area (Å²) in [6.07, 6.45) is 20.0. The first-order chi connectivity index (χ1) is 15.9. The molecule has 0 heteroatoms. The highest BCUT2D eigenvalue weighted by Crippen LogP contribution is 2.60. The summed E-state index contributed by atoms with van der Waals surface area (Å²) in [6, 6.07) is 0. The maximum absolute atomic E-state index is 2.38. The van der Waals surface area contributed by atoms with Gasteiger partial charge < -0.3 is 0 Å². The molecule has 6 aliphatic rings. The molecule has 5 unspecified atom stereocenters. The lowest BCUT2D eigenvalue weighted by Gasteiger charge is -2.56. The lowest BCUT2D eigenvalue weighted by atomic mass is 9.49. The molecule has 0 N–H and O–H groups in total. The molecule has 0 bridgehead atoms. The van der Waals surface area contributed by atoms with Crippen molar-refractivity contribution in [2.45, 2.75) is 154 Å². The fraction of sp³-hybridized carbons (Fsp3) is 0.943. The Morgan fingerprint density at radius 2 is 0.914 bits per heavy atom. The SMILES string of the molecule is C.CC1=CCC(C)C1.CC1CC(C)C1.CC1CC1C.CC1CC2(C1)CC(C)C2.CC1CCC(C)C1. The Kier molecular flexibility index (Phi) is 14.3. The molecule has 5 saturated carbocycles. The van der Waals surface area contributed by atoms with Crippen LogP contribution in [0.2, 0.25) is 0 Å². The van der Waals surface area contributed by atoms with Crippen LogP contribution in [0, 0.1) is 58.7 Å². The van der Waals surface area contributed by atoms with Gasteiger partial charge in [0.2, 0.25) is 0 Å². The van der Waals surface area contributed by atoms with E-state index in [-0.39, 0.29) is 7.43 Å². The minimum Gasteiger partial charge on any atom is -0.0853 e. The molecule has 0 amide bonds.